The number of thiazole rings is 1. The van der Waals surface area contributed by atoms with E-state index in [1.54, 1.807) is 23.7 Å². The van der Waals surface area contributed by atoms with Gasteiger partial charge in [-0.1, -0.05) is 13.8 Å². The number of rotatable bonds is 8. The number of carbonyl (C=O) groups excluding carboxylic acids is 1. The van der Waals surface area contributed by atoms with E-state index in [2.05, 4.69) is 34.0 Å². The molecular formula is C16H22N4OS. The van der Waals surface area contributed by atoms with Crippen LogP contribution < -0.4 is 5.32 Å². The molecule has 0 bridgehead atoms. The van der Waals surface area contributed by atoms with Crippen LogP contribution in [0, 0.1) is 0 Å². The van der Waals surface area contributed by atoms with Gasteiger partial charge in [0.25, 0.3) is 0 Å². The van der Waals surface area contributed by atoms with Gasteiger partial charge in [0.05, 0.1) is 12.1 Å². The molecule has 0 aliphatic rings. The van der Waals surface area contributed by atoms with Crippen molar-refractivity contribution in [3.63, 3.8) is 0 Å². The SMILES string of the molecule is CCN(CC)CCNC(=O)Cc1csc(-c2ccncc2)n1. The Bertz CT molecular complexity index is 581. The second-order valence-corrected chi connectivity index (χ2v) is 5.79. The highest BCUT2D eigenvalue weighted by atomic mass is 32.1. The fourth-order valence-corrected chi connectivity index (χ4v) is 2.96. The van der Waals surface area contributed by atoms with E-state index in [-0.39, 0.29) is 5.91 Å². The molecule has 6 heteroatoms. The van der Waals surface area contributed by atoms with E-state index in [4.69, 9.17) is 0 Å². The summed E-state index contributed by atoms with van der Waals surface area (Å²) in [5, 5.41) is 5.82. The third kappa shape index (κ3) is 4.89. The minimum atomic E-state index is 0.0266. The van der Waals surface area contributed by atoms with Crippen molar-refractivity contribution in [2.75, 3.05) is 26.2 Å². The predicted molar refractivity (Wildman–Crippen MR) is 89.8 cm³/mol. The summed E-state index contributed by atoms with van der Waals surface area (Å²) in [4.78, 5) is 22.7. The van der Waals surface area contributed by atoms with Crippen LogP contribution in [-0.2, 0) is 11.2 Å². The first kappa shape index (κ1) is 16.6. The highest BCUT2D eigenvalue weighted by molar-refractivity contribution is 7.13. The molecule has 0 unspecified atom stereocenters. The van der Waals surface area contributed by atoms with E-state index in [0.717, 1.165) is 35.9 Å². The summed E-state index contributed by atoms with van der Waals surface area (Å²) in [5.74, 6) is 0.0266. The van der Waals surface area contributed by atoms with Gasteiger partial charge in [0.1, 0.15) is 5.01 Å². The lowest BCUT2D eigenvalue weighted by molar-refractivity contribution is -0.120. The van der Waals surface area contributed by atoms with Crippen molar-refractivity contribution in [2.45, 2.75) is 20.3 Å². The van der Waals surface area contributed by atoms with Crippen LogP contribution in [0.15, 0.2) is 29.9 Å². The summed E-state index contributed by atoms with van der Waals surface area (Å²) in [6, 6.07) is 3.85. The lowest BCUT2D eigenvalue weighted by Gasteiger charge is -2.17. The highest BCUT2D eigenvalue weighted by Gasteiger charge is 2.09. The van der Waals surface area contributed by atoms with Gasteiger partial charge in [0, 0.05) is 36.4 Å². The van der Waals surface area contributed by atoms with Crippen molar-refractivity contribution in [3.05, 3.63) is 35.6 Å². The van der Waals surface area contributed by atoms with E-state index in [1.165, 1.54) is 0 Å². The molecule has 0 atom stereocenters. The van der Waals surface area contributed by atoms with Gasteiger partial charge >= 0.3 is 0 Å². The van der Waals surface area contributed by atoms with Gasteiger partial charge in [0.15, 0.2) is 0 Å². The Labute approximate surface area is 135 Å². The molecule has 0 spiro atoms. The minimum Gasteiger partial charge on any atom is -0.354 e. The number of nitrogens with zero attached hydrogens (tertiary/aromatic N) is 3. The summed E-state index contributed by atoms with van der Waals surface area (Å²) < 4.78 is 0. The van der Waals surface area contributed by atoms with Gasteiger partial charge in [-0.2, -0.15) is 0 Å². The lowest BCUT2D eigenvalue weighted by atomic mass is 10.3. The fourth-order valence-electron chi connectivity index (χ4n) is 2.14. The average molecular weight is 318 g/mol. The zero-order valence-electron chi connectivity index (χ0n) is 13.1. The molecule has 0 fully saturated rings. The number of carbonyl (C=O) groups is 1. The molecule has 0 radical (unpaired) electrons. The number of amides is 1. The monoisotopic (exact) mass is 318 g/mol. The van der Waals surface area contributed by atoms with Gasteiger partial charge in [-0.25, -0.2) is 4.98 Å². The summed E-state index contributed by atoms with van der Waals surface area (Å²) in [7, 11) is 0. The van der Waals surface area contributed by atoms with Gasteiger partial charge in [0.2, 0.25) is 5.91 Å². The Morgan fingerprint density at radius 1 is 1.27 bits per heavy atom. The molecule has 1 amide bonds. The number of likely N-dealkylation sites (N-methyl/N-ethyl adjacent to an activating group) is 1. The first-order chi connectivity index (χ1) is 10.7. The zero-order chi connectivity index (χ0) is 15.8. The second kappa shape index (κ2) is 8.60. The molecule has 2 rings (SSSR count). The molecule has 2 aromatic rings. The zero-order valence-corrected chi connectivity index (χ0v) is 13.9. The molecule has 22 heavy (non-hydrogen) atoms. The topological polar surface area (TPSA) is 58.1 Å². The summed E-state index contributed by atoms with van der Waals surface area (Å²) in [5.41, 5.74) is 1.85. The van der Waals surface area contributed by atoms with Crippen LogP contribution in [0.25, 0.3) is 10.6 Å². The summed E-state index contributed by atoms with van der Waals surface area (Å²) in [6.07, 6.45) is 3.83. The fraction of sp³-hybridized carbons (Fsp3) is 0.438. The third-order valence-corrected chi connectivity index (χ3v) is 4.41. The number of aromatic nitrogens is 2. The second-order valence-electron chi connectivity index (χ2n) is 4.93. The standard InChI is InChI=1S/C16H22N4OS/c1-3-20(4-2)10-9-18-15(21)11-14-12-22-16(19-14)13-5-7-17-8-6-13/h5-8,12H,3-4,9-11H2,1-2H3,(H,18,21). The molecule has 2 aromatic heterocycles. The summed E-state index contributed by atoms with van der Waals surface area (Å²) in [6.45, 7) is 7.84. The molecule has 118 valence electrons. The van der Waals surface area contributed by atoms with Gasteiger partial charge in [-0.15, -0.1) is 11.3 Å². The average Bonchev–Trinajstić information content (AvgIpc) is 3.01. The lowest BCUT2D eigenvalue weighted by Crippen LogP contribution is -2.35. The Morgan fingerprint density at radius 2 is 2.00 bits per heavy atom. The molecule has 2 heterocycles. The van der Waals surface area contributed by atoms with Crippen molar-refractivity contribution >= 4 is 17.2 Å². The maximum Gasteiger partial charge on any atom is 0.226 e. The normalized spacial score (nSPS) is 10.9. The first-order valence-corrected chi connectivity index (χ1v) is 8.44. The van der Waals surface area contributed by atoms with Crippen LogP contribution in [-0.4, -0.2) is 47.0 Å². The maximum absolute atomic E-state index is 11.9. The Morgan fingerprint density at radius 3 is 2.68 bits per heavy atom. The van der Waals surface area contributed by atoms with Gasteiger partial charge in [-0.3, -0.25) is 9.78 Å². The quantitative estimate of drug-likeness (QED) is 0.811. The van der Waals surface area contributed by atoms with Crippen molar-refractivity contribution < 1.29 is 4.79 Å². The van der Waals surface area contributed by atoms with Crippen LogP contribution in [0.5, 0.6) is 0 Å². The molecule has 0 aromatic carbocycles. The first-order valence-electron chi connectivity index (χ1n) is 7.56. The predicted octanol–water partition coefficient (Wildman–Crippen LogP) is 2.21. The van der Waals surface area contributed by atoms with Crippen LogP contribution in [0.2, 0.25) is 0 Å². The molecule has 0 aliphatic carbocycles. The number of hydrogen-bond donors (Lipinski definition) is 1. The highest BCUT2D eigenvalue weighted by Crippen LogP contribution is 2.22. The smallest absolute Gasteiger partial charge is 0.226 e. The Hall–Kier alpha value is -1.79. The van der Waals surface area contributed by atoms with E-state index in [9.17, 15) is 4.79 Å². The molecular weight excluding hydrogens is 296 g/mol. The number of hydrogen-bond acceptors (Lipinski definition) is 5. The molecule has 5 nitrogen and oxygen atoms in total. The number of nitrogens with one attached hydrogen (secondary N) is 1. The van der Waals surface area contributed by atoms with E-state index < -0.39 is 0 Å². The molecule has 0 saturated heterocycles. The van der Waals surface area contributed by atoms with Gasteiger partial charge in [-0.05, 0) is 25.2 Å². The van der Waals surface area contributed by atoms with Crippen LogP contribution in [0.1, 0.15) is 19.5 Å². The molecule has 1 N–H and O–H groups in total. The van der Waals surface area contributed by atoms with E-state index in [1.807, 2.05) is 17.5 Å². The van der Waals surface area contributed by atoms with Crippen molar-refractivity contribution in [2.24, 2.45) is 0 Å². The van der Waals surface area contributed by atoms with Gasteiger partial charge < -0.3 is 10.2 Å². The summed E-state index contributed by atoms with van der Waals surface area (Å²) >= 11 is 1.55. The minimum absolute atomic E-state index is 0.0266. The molecule has 0 saturated carbocycles. The van der Waals surface area contributed by atoms with Crippen molar-refractivity contribution in [3.8, 4) is 10.6 Å². The Balaban J connectivity index is 1.81. The van der Waals surface area contributed by atoms with Crippen LogP contribution >= 0.6 is 11.3 Å². The van der Waals surface area contributed by atoms with E-state index >= 15 is 0 Å². The van der Waals surface area contributed by atoms with Crippen LogP contribution in [0.3, 0.4) is 0 Å². The molecule has 0 aliphatic heterocycles. The maximum atomic E-state index is 11.9. The van der Waals surface area contributed by atoms with E-state index in [0.29, 0.717) is 13.0 Å². The number of pyridine rings is 1. The third-order valence-electron chi connectivity index (χ3n) is 3.47. The van der Waals surface area contributed by atoms with Crippen molar-refractivity contribution in [1.29, 1.82) is 0 Å². The van der Waals surface area contributed by atoms with Crippen LogP contribution in [0.4, 0.5) is 0 Å². The van der Waals surface area contributed by atoms with Crippen molar-refractivity contribution in [1.82, 2.24) is 20.2 Å². The Kier molecular flexibility index (Phi) is 6.48. The largest absolute Gasteiger partial charge is 0.354 e.